The molecule has 1 fully saturated rings. The second-order valence-corrected chi connectivity index (χ2v) is 7.25. The Morgan fingerprint density at radius 2 is 1.86 bits per heavy atom. The number of sulfonamides is 1. The average molecular weight is 320 g/mol. The SMILES string of the molecule is Cn1ccnc1N1CCC(NS(=O)(=O)c2ccccc2)CC1. The molecule has 0 spiro atoms. The summed E-state index contributed by atoms with van der Waals surface area (Å²) < 4.78 is 29.4. The molecule has 0 radical (unpaired) electrons. The molecule has 6 nitrogen and oxygen atoms in total. The third-order valence-corrected chi connectivity index (χ3v) is 5.49. The van der Waals surface area contributed by atoms with Gasteiger partial charge in [-0.05, 0) is 25.0 Å². The molecule has 1 aromatic carbocycles. The van der Waals surface area contributed by atoms with E-state index in [9.17, 15) is 8.42 Å². The Morgan fingerprint density at radius 3 is 2.45 bits per heavy atom. The molecule has 118 valence electrons. The van der Waals surface area contributed by atoms with Crippen LogP contribution in [0, 0.1) is 0 Å². The van der Waals surface area contributed by atoms with Gasteiger partial charge in [-0.2, -0.15) is 0 Å². The van der Waals surface area contributed by atoms with Crippen molar-refractivity contribution >= 4 is 16.0 Å². The Morgan fingerprint density at radius 1 is 1.18 bits per heavy atom. The molecule has 0 bridgehead atoms. The molecule has 0 amide bonds. The van der Waals surface area contributed by atoms with E-state index in [-0.39, 0.29) is 6.04 Å². The predicted molar refractivity (Wildman–Crippen MR) is 85.2 cm³/mol. The minimum Gasteiger partial charge on any atom is -0.342 e. The van der Waals surface area contributed by atoms with Gasteiger partial charge in [0.2, 0.25) is 16.0 Å². The smallest absolute Gasteiger partial charge is 0.240 e. The van der Waals surface area contributed by atoms with Crippen LogP contribution >= 0.6 is 0 Å². The first-order valence-electron chi connectivity index (χ1n) is 7.36. The number of hydrogen-bond donors (Lipinski definition) is 1. The Labute approximate surface area is 130 Å². The highest BCUT2D eigenvalue weighted by Crippen LogP contribution is 2.19. The predicted octanol–water partition coefficient (Wildman–Crippen LogP) is 1.37. The van der Waals surface area contributed by atoms with Crippen LogP contribution < -0.4 is 9.62 Å². The number of rotatable bonds is 4. The van der Waals surface area contributed by atoms with Crippen LogP contribution in [-0.2, 0) is 17.1 Å². The lowest BCUT2D eigenvalue weighted by Crippen LogP contribution is -2.45. The average Bonchev–Trinajstić information content (AvgIpc) is 2.95. The van der Waals surface area contributed by atoms with Crippen molar-refractivity contribution in [1.82, 2.24) is 14.3 Å². The van der Waals surface area contributed by atoms with Gasteiger partial charge < -0.3 is 9.47 Å². The minimum absolute atomic E-state index is 0.0262. The van der Waals surface area contributed by atoms with Gasteiger partial charge in [0.1, 0.15) is 0 Å². The number of anilines is 1. The number of nitrogens with zero attached hydrogens (tertiary/aromatic N) is 3. The highest BCUT2D eigenvalue weighted by Gasteiger charge is 2.25. The molecule has 1 N–H and O–H groups in total. The van der Waals surface area contributed by atoms with E-state index < -0.39 is 10.0 Å². The summed E-state index contributed by atoms with van der Waals surface area (Å²) in [6.45, 7) is 1.60. The van der Waals surface area contributed by atoms with E-state index in [0.717, 1.165) is 31.9 Å². The van der Waals surface area contributed by atoms with Crippen LogP contribution in [0.4, 0.5) is 5.95 Å². The van der Waals surface area contributed by atoms with Crippen LogP contribution in [0.5, 0.6) is 0 Å². The van der Waals surface area contributed by atoms with E-state index in [1.54, 1.807) is 30.5 Å². The third-order valence-electron chi connectivity index (χ3n) is 3.95. The fourth-order valence-electron chi connectivity index (χ4n) is 2.75. The van der Waals surface area contributed by atoms with Crippen LogP contribution in [0.15, 0.2) is 47.6 Å². The monoisotopic (exact) mass is 320 g/mol. The Hall–Kier alpha value is -1.86. The van der Waals surface area contributed by atoms with Crippen molar-refractivity contribution in [3.63, 3.8) is 0 Å². The van der Waals surface area contributed by atoms with Gasteiger partial charge in [-0.25, -0.2) is 18.1 Å². The molecule has 0 unspecified atom stereocenters. The Kier molecular flexibility index (Phi) is 4.17. The van der Waals surface area contributed by atoms with Crippen molar-refractivity contribution in [1.29, 1.82) is 0 Å². The summed E-state index contributed by atoms with van der Waals surface area (Å²) in [6.07, 6.45) is 5.25. The highest BCUT2D eigenvalue weighted by atomic mass is 32.2. The van der Waals surface area contributed by atoms with Gasteiger partial charge in [0.15, 0.2) is 0 Å². The van der Waals surface area contributed by atoms with Crippen molar-refractivity contribution in [2.24, 2.45) is 7.05 Å². The molecule has 1 aromatic heterocycles. The lowest BCUT2D eigenvalue weighted by atomic mass is 10.1. The van der Waals surface area contributed by atoms with Crippen molar-refractivity contribution in [2.45, 2.75) is 23.8 Å². The number of benzene rings is 1. The molecule has 0 saturated carbocycles. The molecule has 3 rings (SSSR count). The van der Waals surface area contributed by atoms with E-state index in [2.05, 4.69) is 14.6 Å². The largest absolute Gasteiger partial charge is 0.342 e. The van der Waals surface area contributed by atoms with Crippen molar-refractivity contribution in [3.8, 4) is 0 Å². The number of nitrogens with one attached hydrogen (secondary N) is 1. The first-order valence-corrected chi connectivity index (χ1v) is 8.84. The van der Waals surface area contributed by atoms with Gasteiger partial charge in [0, 0.05) is 38.6 Å². The molecule has 2 aromatic rings. The Bertz CT molecular complexity index is 719. The standard InChI is InChI=1S/C15H20N4O2S/c1-18-12-9-16-15(18)19-10-7-13(8-11-19)17-22(20,21)14-5-3-2-4-6-14/h2-6,9,12-13,17H,7-8,10-11H2,1H3. The number of aromatic nitrogens is 2. The summed E-state index contributed by atoms with van der Waals surface area (Å²) >= 11 is 0. The van der Waals surface area contributed by atoms with E-state index in [0.29, 0.717) is 4.90 Å². The van der Waals surface area contributed by atoms with E-state index >= 15 is 0 Å². The van der Waals surface area contributed by atoms with Gasteiger partial charge in [-0.1, -0.05) is 18.2 Å². The van der Waals surface area contributed by atoms with Gasteiger partial charge in [0.05, 0.1) is 4.90 Å². The fraction of sp³-hybridized carbons (Fsp3) is 0.400. The van der Waals surface area contributed by atoms with Crippen LogP contribution in [-0.4, -0.2) is 37.1 Å². The van der Waals surface area contributed by atoms with Gasteiger partial charge in [-0.15, -0.1) is 0 Å². The third kappa shape index (κ3) is 3.15. The molecule has 1 aliphatic rings. The number of aryl methyl sites for hydroxylation is 1. The molecular formula is C15H20N4O2S. The van der Waals surface area contributed by atoms with Crippen LogP contribution in [0.1, 0.15) is 12.8 Å². The summed E-state index contributed by atoms with van der Waals surface area (Å²) in [5, 5.41) is 0. The molecule has 7 heteroatoms. The van der Waals surface area contributed by atoms with Crippen molar-refractivity contribution in [2.75, 3.05) is 18.0 Å². The molecule has 0 aliphatic carbocycles. The van der Waals surface area contributed by atoms with Crippen LogP contribution in [0.3, 0.4) is 0 Å². The maximum atomic E-state index is 12.3. The normalized spacial score (nSPS) is 16.9. The highest BCUT2D eigenvalue weighted by molar-refractivity contribution is 7.89. The maximum Gasteiger partial charge on any atom is 0.240 e. The second kappa shape index (κ2) is 6.10. The zero-order valence-electron chi connectivity index (χ0n) is 12.5. The second-order valence-electron chi connectivity index (χ2n) is 5.53. The number of piperidine rings is 1. The summed E-state index contributed by atoms with van der Waals surface area (Å²) in [6, 6.07) is 8.49. The summed E-state index contributed by atoms with van der Waals surface area (Å²) in [5.74, 6) is 0.935. The lowest BCUT2D eigenvalue weighted by Gasteiger charge is -2.32. The summed E-state index contributed by atoms with van der Waals surface area (Å²) in [7, 11) is -1.46. The molecule has 22 heavy (non-hydrogen) atoms. The van der Waals surface area contributed by atoms with E-state index in [1.165, 1.54) is 0 Å². The van der Waals surface area contributed by atoms with Crippen LogP contribution in [0.25, 0.3) is 0 Å². The number of hydrogen-bond acceptors (Lipinski definition) is 4. The van der Waals surface area contributed by atoms with Crippen molar-refractivity contribution < 1.29 is 8.42 Å². The molecule has 1 saturated heterocycles. The molecule has 2 heterocycles. The zero-order chi connectivity index (χ0) is 15.6. The molecule has 0 atom stereocenters. The summed E-state index contributed by atoms with van der Waals surface area (Å²) in [4.78, 5) is 6.85. The molecule has 1 aliphatic heterocycles. The van der Waals surface area contributed by atoms with Gasteiger partial charge >= 0.3 is 0 Å². The molecular weight excluding hydrogens is 300 g/mol. The Balaban J connectivity index is 1.62. The fourth-order valence-corrected chi connectivity index (χ4v) is 4.07. The van der Waals surface area contributed by atoms with Crippen LogP contribution in [0.2, 0.25) is 0 Å². The zero-order valence-corrected chi connectivity index (χ0v) is 13.3. The topological polar surface area (TPSA) is 67.2 Å². The first kappa shape index (κ1) is 15.1. The first-order chi connectivity index (χ1) is 10.6. The summed E-state index contributed by atoms with van der Waals surface area (Å²) in [5.41, 5.74) is 0. The minimum atomic E-state index is -3.43. The van der Waals surface area contributed by atoms with E-state index in [1.807, 2.05) is 23.9 Å². The van der Waals surface area contributed by atoms with Crippen molar-refractivity contribution in [3.05, 3.63) is 42.7 Å². The van der Waals surface area contributed by atoms with Gasteiger partial charge in [0.25, 0.3) is 0 Å². The van der Waals surface area contributed by atoms with Gasteiger partial charge in [-0.3, -0.25) is 0 Å². The quantitative estimate of drug-likeness (QED) is 0.924. The van der Waals surface area contributed by atoms with E-state index in [4.69, 9.17) is 0 Å². The number of imidazole rings is 1. The lowest BCUT2D eigenvalue weighted by molar-refractivity contribution is 0.454. The maximum absolute atomic E-state index is 12.3.